The Morgan fingerprint density at radius 1 is 1.03 bits per heavy atom. The molecule has 0 radical (unpaired) electrons. The van der Waals surface area contributed by atoms with Gasteiger partial charge in [-0.2, -0.15) is 0 Å². The van der Waals surface area contributed by atoms with Crippen LogP contribution in [0.3, 0.4) is 0 Å². The van der Waals surface area contributed by atoms with Crippen LogP contribution in [0.4, 0.5) is 4.79 Å². The quantitative estimate of drug-likeness (QED) is 0.551. The number of rotatable bonds is 8. The Kier molecular flexibility index (Phi) is 10.2. The predicted octanol–water partition coefficient (Wildman–Crippen LogP) is 5.05. The predicted molar refractivity (Wildman–Crippen MR) is 137 cm³/mol. The number of ether oxygens (including phenoxy) is 1. The highest BCUT2D eigenvalue weighted by molar-refractivity contribution is 5.92. The topological polar surface area (TPSA) is 87.7 Å². The van der Waals surface area contributed by atoms with E-state index >= 15 is 0 Å². The van der Waals surface area contributed by atoms with E-state index in [0.29, 0.717) is 13.0 Å². The highest BCUT2D eigenvalue weighted by Gasteiger charge is 2.38. The minimum absolute atomic E-state index is 0.153. The summed E-state index contributed by atoms with van der Waals surface area (Å²) in [6.45, 7) is 21.0. The molecule has 0 saturated heterocycles. The van der Waals surface area contributed by atoms with Crippen LogP contribution in [0.2, 0.25) is 0 Å². The fraction of sp³-hybridized carbons (Fsp3) is 0.667. The number of carbonyl (C=O) groups is 3. The Morgan fingerprint density at radius 2 is 1.62 bits per heavy atom. The van der Waals surface area contributed by atoms with Gasteiger partial charge in [0.1, 0.15) is 17.7 Å². The van der Waals surface area contributed by atoms with Gasteiger partial charge >= 0.3 is 6.09 Å². The lowest BCUT2D eigenvalue weighted by molar-refractivity contribution is -0.143. The molecule has 1 aromatic rings. The molecule has 0 spiro atoms. The van der Waals surface area contributed by atoms with Gasteiger partial charge in [-0.05, 0) is 79.4 Å². The number of hydrogen-bond acceptors (Lipinski definition) is 4. The summed E-state index contributed by atoms with van der Waals surface area (Å²) < 4.78 is 5.42. The average molecular weight is 476 g/mol. The van der Waals surface area contributed by atoms with Crippen molar-refractivity contribution in [3.8, 4) is 0 Å². The van der Waals surface area contributed by atoms with Gasteiger partial charge in [-0.25, -0.2) is 4.79 Å². The monoisotopic (exact) mass is 475 g/mol. The third-order valence-electron chi connectivity index (χ3n) is 5.55. The lowest BCUT2D eigenvalue weighted by atomic mass is 9.93. The van der Waals surface area contributed by atoms with E-state index in [1.807, 2.05) is 73.6 Å². The van der Waals surface area contributed by atoms with Gasteiger partial charge in [0.25, 0.3) is 0 Å². The van der Waals surface area contributed by atoms with Crippen molar-refractivity contribution < 1.29 is 19.1 Å². The Bertz CT molecular complexity index is 868. The molecule has 0 aromatic heterocycles. The molecule has 3 atom stereocenters. The maximum absolute atomic E-state index is 13.9. The number of hydrogen-bond donors (Lipinski definition) is 2. The maximum Gasteiger partial charge on any atom is 0.408 e. The standard InChI is InChI=1S/C27H45N3O4/c1-12-18(4)21(28-25(33)34-27(9,10)11)24(32)30(13-2)22(23(31)29-26(6,7)8)20-15-14-17(3)16-19(20)5/h14-16,18,21-22H,12-13H2,1-11H3,(H,28,33)(H,29,31). The Labute approximate surface area is 206 Å². The normalized spacial score (nSPS) is 14.6. The molecular formula is C27H45N3O4. The Morgan fingerprint density at radius 3 is 2.06 bits per heavy atom. The zero-order chi connectivity index (χ0) is 26.4. The number of aryl methyl sites for hydroxylation is 2. The molecule has 0 aliphatic carbocycles. The summed E-state index contributed by atoms with van der Waals surface area (Å²) in [7, 11) is 0. The number of alkyl carbamates (subject to hydrolysis) is 1. The fourth-order valence-corrected chi connectivity index (χ4v) is 3.78. The third-order valence-corrected chi connectivity index (χ3v) is 5.55. The zero-order valence-corrected chi connectivity index (χ0v) is 23.0. The highest BCUT2D eigenvalue weighted by Crippen LogP contribution is 2.28. The first-order valence-corrected chi connectivity index (χ1v) is 12.2. The molecule has 0 heterocycles. The largest absolute Gasteiger partial charge is 0.444 e. The second kappa shape index (κ2) is 11.7. The summed E-state index contributed by atoms with van der Waals surface area (Å²) in [5.41, 5.74) is 1.62. The van der Waals surface area contributed by atoms with E-state index < -0.39 is 29.3 Å². The lowest BCUT2D eigenvalue weighted by Crippen LogP contribution is -2.56. The summed E-state index contributed by atoms with van der Waals surface area (Å²) in [5.74, 6) is -0.717. The van der Waals surface area contributed by atoms with E-state index in [0.717, 1.165) is 16.7 Å². The van der Waals surface area contributed by atoms with E-state index in [1.54, 1.807) is 25.7 Å². The van der Waals surface area contributed by atoms with Crippen LogP contribution in [0.25, 0.3) is 0 Å². The molecule has 0 aliphatic rings. The molecule has 7 nitrogen and oxygen atoms in total. The molecule has 3 amide bonds. The minimum atomic E-state index is -0.829. The summed E-state index contributed by atoms with van der Waals surface area (Å²) in [6.07, 6.45) is 0.0241. The van der Waals surface area contributed by atoms with Crippen LogP contribution < -0.4 is 10.6 Å². The summed E-state index contributed by atoms with van der Waals surface area (Å²) in [5, 5.41) is 5.81. The van der Waals surface area contributed by atoms with E-state index in [4.69, 9.17) is 4.74 Å². The first-order valence-electron chi connectivity index (χ1n) is 12.2. The molecule has 0 bridgehead atoms. The fourth-order valence-electron chi connectivity index (χ4n) is 3.78. The molecule has 34 heavy (non-hydrogen) atoms. The Hall–Kier alpha value is -2.57. The van der Waals surface area contributed by atoms with Crippen molar-refractivity contribution in [2.45, 2.75) is 106 Å². The average Bonchev–Trinajstić information content (AvgIpc) is 2.67. The number of nitrogens with zero attached hydrogens (tertiary/aromatic N) is 1. The lowest BCUT2D eigenvalue weighted by Gasteiger charge is -2.37. The van der Waals surface area contributed by atoms with Crippen LogP contribution >= 0.6 is 0 Å². The second-order valence-corrected chi connectivity index (χ2v) is 11.1. The van der Waals surface area contributed by atoms with Crippen molar-refractivity contribution in [3.05, 3.63) is 34.9 Å². The molecule has 2 N–H and O–H groups in total. The number of likely N-dealkylation sites (N-methyl/N-ethyl adjacent to an activating group) is 1. The van der Waals surface area contributed by atoms with Gasteiger partial charge in [0.05, 0.1) is 0 Å². The van der Waals surface area contributed by atoms with Crippen molar-refractivity contribution >= 4 is 17.9 Å². The van der Waals surface area contributed by atoms with E-state index in [2.05, 4.69) is 10.6 Å². The third kappa shape index (κ3) is 8.65. The maximum atomic E-state index is 13.9. The van der Waals surface area contributed by atoms with Crippen molar-refractivity contribution in [2.24, 2.45) is 5.92 Å². The summed E-state index contributed by atoms with van der Waals surface area (Å²) >= 11 is 0. The van der Waals surface area contributed by atoms with E-state index in [-0.39, 0.29) is 17.7 Å². The number of nitrogens with one attached hydrogen (secondary N) is 2. The molecule has 1 rings (SSSR count). The van der Waals surface area contributed by atoms with Crippen molar-refractivity contribution in [1.82, 2.24) is 15.5 Å². The van der Waals surface area contributed by atoms with Crippen molar-refractivity contribution in [3.63, 3.8) is 0 Å². The summed E-state index contributed by atoms with van der Waals surface area (Å²) in [4.78, 5) is 41.6. The molecule has 3 unspecified atom stereocenters. The van der Waals surface area contributed by atoms with Gasteiger partial charge in [0.15, 0.2) is 0 Å². The summed E-state index contributed by atoms with van der Waals surface area (Å²) in [6, 6.07) is 4.21. The zero-order valence-electron chi connectivity index (χ0n) is 23.0. The number of carbonyl (C=O) groups excluding carboxylic acids is 3. The number of benzene rings is 1. The second-order valence-electron chi connectivity index (χ2n) is 11.1. The molecular weight excluding hydrogens is 430 g/mol. The van der Waals surface area contributed by atoms with Gasteiger partial charge < -0.3 is 20.3 Å². The smallest absolute Gasteiger partial charge is 0.408 e. The molecule has 1 aromatic carbocycles. The first-order chi connectivity index (χ1) is 15.5. The van der Waals surface area contributed by atoms with Gasteiger partial charge in [-0.1, -0.05) is 44.0 Å². The van der Waals surface area contributed by atoms with Gasteiger partial charge in [0, 0.05) is 12.1 Å². The molecule has 0 saturated carbocycles. The van der Waals surface area contributed by atoms with E-state index in [9.17, 15) is 14.4 Å². The molecule has 7 heteroatoms. The van der Waals surface area contributed by atoms with Crippen molar-refractivity contribution in [1.29, 1.82) is 0 Å². The van der Waals surface area contributed by atoms with Crippen LogP contribution in [-0.2, 0) is 14.3 Å². The van der Waals surface area contributed by atoms with Crippen molar-refractivity contribution in [2.75, 3.05) is 6.54 Å². The van der Waals surface area contributed by atoms with Gasteiger partial charge in [0.2, 0.25) is 11.8 Å². The van der Waals surface area contributed by atoms with Gasteiger partial charge in [-0.15, -0.1) is 0 Å². The van der Waals surface area contributed by atoms with Crippen LogP contribution in [0, 0.1) is 19.8 Å². The highest BCUT2D eigenvalue weighted by atomic mass is 16.6. The van der Waals surface area contributed by atoms with Crippen LogP contribution in [-0.4, -0.2) is 46.5 Å². The van der Waals surface area contributed by atoms with Crippen LogP contribution in [0.1, 0.15) is 91.5 Å². The molecule has 192 valence electrons. The minimum Gasteiger partial charge on any atom is -0.444 e. The van der Waals surface area contributed by atoms with Gasteiger partial charge in [-0.3, -0.25) is 9.59 Å². The van der Waals surface area contributed by atoms with E-state index in [1.165, 1.54) is 0 Å². The van der Waals surface area contributed by atoms with Crippen LogP contribution in [0.15, 0.2) is 18.2 Å². The Balaban J connectivity index is 3.49. The molecule has 0 aliphatic heterocycles. The number of amides is 3. The first kappa shape index (κ1) is 29.5. The molecule has 0 fully saturated rings. The SMILES string of the molecule is CCC(C)C(NC(=O)OC(C)(C)C)C(=O)N(CC)C(C(=O)NC(C)(C)C)c1ccc(C)cc1C. The van der Waals surface area contributed by atoms with Crippen LogP contribution in [0.5, 0.6) is 0 Å².